The first-order chi connectivity index (χ1) is 11.1. The van der Waals surface area contributed by atoms with Crippen LogP contribution in [0, 0.1) is 13.8 Å². The van der Waals surface area contributed by atoms with Crippen molar-refractivity contribution in [2.24, 2.45) is 5.73 Å². The Hall–Kier alpha value is -1.54. The minimum Gasteiger partial charge on any atom is -0.467 e. The van der Waals surface area contributed by atoms with Gasteiger partial charge in [0.05, 0.1) is 37.1 Å². The van der Waals surface area contributed by atoms with Crippen molar-refractivity contribution in [1.29, 1.82) is 0 Å². The van der Waals surface area contributed by atoms with Crippen LogP contribution in [0.2, 0.25) is 0 Å². The van der Waals surface area contributed by atoms with E-state index in [9.17, 15) is 4.79 Å². The van der Waals surface area contributed by atoms with Crippen molar-refractivity contribution in [3.63, 3.8) is 0 Å². The molecule has 2 aromatic rings. The lowest BCUT2D eigenvalue weighted by Crippen LogP contribution is -2.47. The number of carbonyl (C=O) groups is 1. The fraction of sp³-hybridized carbons (Fsp3) is 0.500. The van der Waals surface area contributed by atoms with Crippen LogP contribution < -0.4 is 5.73 Å². The number of furan rings is 1. The molecule has 1 saturated heterocycles. The number of ether oxygens (including phenoxy) is 1. The van der Waals surface area contributed by atoms with Crippen LogP contribution in [0.15, 0.2) is 22.8 Å². The van der Waals surface area contributed by atoms with Gasteiger partial charge in [0, 0.05) is 18.8 Å². The van der Waals surface area contributed by atoms with Gasteiger partial charge in [0.2, 0.25) is 0 Å². The highest BCUT2D eigenvalue weighted by Gasteiger charge is 2.26. The molecular weight excluding hydrogens is 367 g/mol. The largest absolute Gasteiger partial charge is 0.467 e. The van der Waals surface area contributed by atoms with Gasteiger partial charge in [-0.3, -0.25) is 9.48 Å². The Balaban J connectivity index is 0.00000156. The van der Waals surface area contributed by atoms with Crippen molar-refractivity contribution in [2.45, 2.75) is 33.0 Å². The normalized spacial score (nSPS) is 16.9. The first-order valence-electron chi connectivity index (χ1n) is 7.76. The zero-order chi connectivity index (χ0) is 16.4. The molecular formula is C16H24Cl2N4O3. The van der Waals surface area contributed by atoms with Crippen molar-refractivity contribution in [3.8, 4) is 0 Å². The Bertz CT molecular complexity index is 701. The summed E-state index contributed by atoms with van der Waals surface area (Å²) in [6.45, 7) is 6.56. The molecule has 7 nitrogen and oxygen atoms in total. The highest BCUT2D eigenvalue weighted by Crippen LogP contribution is 2.15. The van der Waals surface area contributed by atoms with Gasteiger partial charge in [0.15, 0.2) is 0 Å². The molecule has 0 radical (unpaired) electrons. The summed E-state index contributed by atoms with van der Waals surface area (Å²) in [6, 6.07) is 3.74. The van der Waals surface area contributed by atoms with Gasteiger partial charge in [-0.15, -0.1) is 24.8 Å². The number of halogens is 2. The zero-order valence-corrected chi connectivity index (χ0v) is 15.9. The minimum atomic E-state index is -0.0634. The fourth-order valence-electron chi connectivity index (χ4n) is 2.85. The van der Waals surface area contributed by atoms with Gasteiger partial charge in [-0.25, -0.2) is 0 Å². The lowest BCUT2D eigenvalue weighted by molar-refractivity contribution is -0.0302. The first kappa shape index (κ1) is 21.5. The van der Waals surface area contributed by atoms with Crippen LogP contribution in [-0.2, 0) is 17.8 Å². The number of nitrogens with two attached hydrogens (primary N) is 1. The van der Waals surface area contributed by atoms with E-state index in [0.717, 1.165) is 11.4 Å². The molecule has 0 spiro atoms. The number of carbonyl (C=O) groups excluding carboxylic acids is 1. The summed E-state index contributed by atoms with van der Waals surface area (Å²) in [5, 5.41) is 4.45. The van der Waals surface area contributed by atoms with Crippen LogP contribution in [0.25, 0.3) is 0 Å². The second kappa shape index (κ2) is 9.24. The molecule has 0 aliphatic carbocycles. The molecule has 25 heavy (non-hydrogen) atoms. The Morgan fingerprint density at radius 2 is 2.12 bits per heavy atom. The van der Waals surface area contributed by atoms with Gasteiger partial charge in [-0.05, 0) is 26.0 Å². The summed E-state index contributed by atoms with van der Waals surface area (Å²) in [5.74, 6) is 0.566. The summed E-state index contributed by atoms with van der Waals surface area (Å²) in [4.78, 5) is 14.3. The van der Waals surface area contributed by atoms with E-state index < -0.39 is 0 Å². The van der Waals surface area contributed by atoms with Crippen LogP contribution in [-0.4, -0.2) is 46.4 Å². The summed E-state index contributed by atoms with van der Waals surface area (Å²) in [5.41, 5.74) is 8.14. The SMILES string of the molecule is Cc1cc(C)n(CC2CN(C(=O)c3coc(CN)c3)CCO2)n1.Cl.Cl. The van der Waals surface area contributed by atoms with E-state index >= 15 is 0 Å². The predicted molar refractivity (Wildman–Crippen MR) is 98.4 cm³/mol. The molecule has 140 valence electrons. The molecule has 1 aliphatic heterocycles. The summed E-state index contributed by atoms with van der Waals surface area (Å²) < 4.78 is 13.0. The number of nitrogens with zero attached hydrogens (tertiary/aromatic N) is 3. The van der Waals surface area contributed by atoms with Crippen LogP contribution in [0.1, 0.15) is 27.5 Å². The summed E-state index contributed by atoms with van der Waals surface area (Å²) in [7, 11) is 0. The highest BCUT2D eigenvalue weighted by molar-refractivity contribution is 5.94. The maximum Gasteiger partial charge on any atom is 0.257 e. The molecule has 9 heteroatoms. The third-order valence-electron chi connectivity index (χ3n) is 4.01. The van der Waals surface area contributed by atoms with Crippen molar-refractivity contribution in [3.05, 3.63) is 41.1 Å². The van der Waals surface area contributed by atoms with E-state index in [2.05, 4.69) is 5.10 Å². The molecule has 1 aliphatic rings. The van der Waals surface area contributed by atoms with E-state index in [0.29, 0.717) is 37.6 Å². The standard InChI is InChI=1S/C16H22N4O3.2ClH/c1-11-5-12(2)20(18-11)9-15-8-19(3-4-22-15)16(21)13-6-14(7-17)23-10-13;;/h5-6,10,15H,3-4,7-9,17H2,1-2H3;2*1H. The van der Waals surface area contributed by atoms with Crippen molar-refractivity contribution in [1.82, 2.24) is 14.7 Å². The Labute approximate surface area is 159 Å². The smallest absolute Gasteiger partial charge is 0.257 e. The Morgan fingerprint density at radius 1 is 1.36 bits per heavy atom. The summed E-state index contributed by atoms with van der Waals surface area (Å²) >= 11 is 0. The third-order valence-corrected chi connectivity index (χ3v) is 4.01. The molecule has 1 amide bonds. The lowest BCUT2D eigenvalue weighted by atomic mass is 10.2. The lowest BCUT2D eigenvalue weighted by Gasteiger charge is -2.32. The van der Waals surface area contributed by atoms with E-state index in [1.54, 1.807) is 11.0 Å². The van der Waals surface area contributed by atoms with Gasteiger partial charge in [-0.1, -0.05) is 0 Å². The van der Waals surface area contributed by atoms with E-state index in [-0.39, 0.29) is 43.4 Å². The number of amides is 1. The molecule has 2 N–H and O–H groups in total. The number of hydrogen-bond donors (Lipinski definition) is 1. The third kappa shape index (κ3) is 4.98. The van der Waals surface area contributed by atoms with Gasteiger partial charge >= 0.3 is 0 Å². The van der Waals surface area contributed by atoms with Gasteiger partial charge in [0.25, 0.3) is 5.91 Å². The molecule has 0 saturated carbocycles. The van der Waals surface area contributed by atoms with E-state index in [1.165, 1.54) is 6.26 Å². The van der Waals surface area contributed by atoms with E-state index in [1.807, 2.05) is 24.6 Å². The number of aromatic nitrogens is 2. The van der Waals surface area contributed by atoms with Crippen LogP contribution in [0.3, 0.4) is 0 Å². The zero-order valence-electron chi connectivity index (χ0n) is 14.3. The molecule has 1 fully saturated rings. The molecule has 3 heterocycles. The van der Waals surface area contributed by atoms with Gasteiger partial charge < -0.3 is 19.8 Å². The molecule has 1 atom stereocenters. The highest BCUT2D eigenvalue weighted by atomic mass is 35.5. The number of morpholine rings is 1. The predicted octanol–water partition coefficient (Wildman–Crippen LogP) is 1.94. The number of aryl methyl sites for hydroxylation is 2. The van der Waals surface area contributed by atoms with Crippen molar-refractivity contribution >= 4 is 30.7 Å². The molecule has 3 rings (SSSR count). The number of hydrogen-bond acceptors (Lipinski definition) is 5. The molecule has 0 aromatic carbocycles. The average molecular weight is 391 g/mol. The van der Waals surface area contributed by atoms with Crippen molar-refractivity contribution in [2.75, 3.05) is 19.7 Å². The molecule has 0 bridgehead atoms. The summed E-state index contributed by atoms with van der Waals surface area (Å²) in [6.07, 6.45) is 1.40. The molecule has 2 aromatic heterocycles. The van der Waals surface area contributed by atoms with Gasteiger partial charge in [-0.2, -0.15) is 5.10 Å². The Morgan fingerprint density at radius 3 is 2.72 bits per heavy atom. The second-order valence-corrected chi connectivity index (χ2v) is 5.86. The van der Waals surface area contributed by atoms with Crippen molar-refractivity contribution < 1.29 is 13.9 Å². The topological polar surface area (TPSA) is 86.5 Å². The van der Waals surface area contributed by atoms with Gasteiger partial charge in [0.1, 0.15) is 12.0 Å². The second-order valence-electron chi connectivity index (χ2n) is 5.86. The van der Waals surface area contributed by atoms with Crippen LogP contribution in [0.5, 0.6) is 0 Å². The maximum absolute atomic E-state index is 12.5. The van der Waals surface area contributed by atoms with Crippen LogP contribution in [0.4, 0.5) is 0 Å². The average Bonchev–Trinajstić information content (AvgIpc) is 3.14. The van der Waals surface area contributed by atoms with E-state index in [4.69, 9.17) is 14.9 Å². The number of rotatable bonds is 4. The molecule has 1 unspecified atom stereocenters. The quantitative estimate of drug-likeness (QED) is 0.861. The van der Waals surface area contributed by atoms with Crippen LogP contribution >= 0.6 is 24.8 Å². The monoisotopic (exact) mass is 390 g/mol. The minimum absolute atomic E-state index is 0. The maximum atomic E-state index is 12.5. The first-order valence-corrected chi connectivity index (χ1v) is 7.76. The fourth-order valence-corrected chi connectivity index (χ4v) is 2.85. The Kier molecular flexibility index (Phi) is 7.95.